The van der Waals surface area contributed by atoms with Gasteiger partial charge in [0.1, 0.15) is 12.1 Å². The molecule has 0 spiro atoms. The molecule has 0 bridgehead atoms. The largest absolute Gasteiger partial charge is 0.379 e. The van der Waals surface area contributed by atoms with Gasteiger partial charge in [-0.05, 0) is 22.6 Å². The SMILES string of the molecule is c1nc(NCc2ccc(CN3CCOCC3)cc2)c2sccc2n1. The molecule has 6 heteroatoms. The van der Waals surface area contributed by atoms with E-state index in [9.17, 15) is 0 Å². The molecular weight excluding hydrogens is 320 g/mol. The zero-order valence-electron chi connectivity index (χ0n) is 13.4. The summed E-state index contributed by atoms with van der Waals surface area (Å²) in [6, 6.07) is 10.8. The minimum Gasteiger partial charge on any atom is -0.379 e. The number of morpholine rings is 1. The summed E-state index contributed by atoms with van der Waals surface area (Å²) in [5.41, 5.74) is 3.60. The number of rotatable bonds is 5. The summed E-state index contributed by atoms with van der Waals surface area (Å²) in [5, 5.41) is 5.47. The molecule has 1 fully saturated rings. The molecule has 1 aliphatic rings. The highest BCUT2D eigenvalue weighted by Gasteiger charge is 2.10. The average Bonchev–Trinajstić information content (AvgIpc) is 3.11. The highest BCUT2D eigenvalue weighted by Crippen LogP contribution is 2.25. The molecule has 3 aromatic rings. The highest BCUT2D eigenvalue weighted by atomic mass is 32.1. The Morgan fingerprint density at radius 1 is 1.04 bits per heavy atom. The van der Waals surface area contributed by atoms with E-state index in [4.69, 9.17) is 4.74 Å². The number of aromatic nitrogens is 2. The normalized spacial score (nSPS) is 15.7. The monoisotopic (exact) mass is 340 g/mol. The Labute approximate surface area is 145 Å². The van der Waals surface area contributed by atoms with Gasteiger partial charge in [0, 0.05) is 26.2 Å². The molecule has 24 heavy (non-hydrogen) atoms. The van der Waals surface area contributed by atoms with Crippen LogP contribution in [0, 0.1) is 0 Å². The fraction of sp³-hybridized carbons (Fsp3) is 0.333. The van der Waals surface area contributed by atoms with Gasteiger partial charge in [-0.1, -0.05) is 24.3 Å². The van der Waals surface area contributed by atoms with Crippen LogP contribution in [0.25, 0.3) is 10.2 Å². The Morgan fingerprint density at radius 3 is 2.67 bits per heavy atom. The van der Waals surface area contributed by atoms with Crippen molar-refractivity contribution in [2.24, 2.45) is 0 Å². The molecule has 0 saturated carbocycles. The summed E-state index contributed by atoms with van der Waals surface area (Å²) in [6.45, 7) is 5.50. The molecule has 1 aliphatic heterocycles. The second-order valence-corrected chi connectivity index (χ2v) is 6.83. The third kappa shape index (κ3) is 3.56. The zero-order chi connectivity index (χ0) is 16.2. The molecule has 4 rings (SSSR count). The van der Waals surface area contributed by atoms with Crippen molar-refractivity contribution in [3.05, 3.63) is 53.2 Å². The second kappa shape index (κ2) is 7.25. The van der Waals surface area contributed by atoms with Crippen molar-refractivity contribution >= 4 is 27.4 Å². The Kier molecular flexibility index (Phi) is 4.69. The minimum atomic E-state index is 0.766. The third-order valence-electron chi connectivity index (χ3n) is 4.24. The highest BCUT2D eigenvalue weighted by molar-refractivity contribution is 7.17. The second-order valence-electron chi connectivity index (χ2n) is 5.92. The van der Waals surface area contributed by atoms with E-state index in [0.717, 1.165) is 55.4 Å². The van der Waals surface area contributed by atoms with Crippen LogP contribution >= 0.6 is 11.3 Å². The summed E-state index contributed by atoms with van der Waals surface area (Å²) >= 11 is 1.67. The maximum atomic E-state index is 5.40. The molecule has 0 unspecified atom stereocenters. The van der Waals surface area contributed by atoms with Gasteiger partial charge in [0.15, 0.2) is 0 Å². The number of benzene rings is 1. The smallest absolute Gasteiger partial charge is 0.147 e. The maximum absolute atomic E-state index is 5.40. The van der Waals surface area contributed by atoms with E-state index in [0.29, 0.717) is 0 Å². The Bertz CT molecular complexity index is 796. The molecular formula is C18H20N4OS. The van der Waals surface area contributed by atoms with Gasteiger partial charge < -0.3 is 10.1 Å². The van der Waals surface area contributed by atoms with Crippen LogP contribution in [-0.2, 0) is 17.8 Å². The maximum Gasteiger partial charge on any atom is 0.147 e. The topological polar surface area (TPSA) is 50.3 Å². The molecule has 0 radical (unpaired) electrons. The molecule has 2 aromatic heterocycles. The standard InChI is InChI=1S/C18H20N4OS/c1-3-15(12-22-6-8-23-9-7-22)4-2-14(1)11-19-18-17-16(5-10-24-17)20-13-21-18/h1-5,10,13H,6-9,11-12H2,(H,19,20,21). The van der Waals surface area contributed by atoms with Crippen LogP contribution in [0.4, 0.5) is 5.82 Å². The van der Waals surface area contributed by atoms with Crippen molar-refractivity contribution in [3.8, 4) is 0 Å². The lowest BCUT2D eigenvalue weighted by Gasteiger charge is -2.26. The predicted octanol–water partition coefficient (Wildman–Crippen LogP) is 3.14. The lowest BCUT2D eigenvalue weighted by molar-refractivity contribution is 0.0342. The first-order valence-electron chi connectivity index (χ1n) is 8.18. The van der Waals surface area contributed by atoms with E-state index >= 15 is 0 Å². The first kappa shape index (κ1) is 15.5. The Hall–Kier alpha value is -2.02. The van der Waals surface area contributed by atoms with Crippen molar-refractivity contribution in [3.63, 3.8) is 0 Å². The third-order valence-corrected chi connectivity index (χ3v) is 5.15. The van der Waals surface area contributed by atoms with Crippen molar-refractivity contribution < 1.29 is 4.74 Å². The molecule has 3 heterocycles. The molecule has 0 atom stereocenters. The molecule has 124 valence electrons. The van der Waals surface area contributed by atoms with Crippen LogP contribution in [0.15, 0.2) is 42.0 Å². The van der Waals surface area contributed by atoms with Crippen LogP contribution in [0.1, 0.15) is 11.1 Å². The van der Waals surface area contributed by atoms with Crippen LogP contribution in [0.3, 0.4) is 0 Å². The van der Waals surface area contributed by atoms with Crippen LogP contribution < -0.4 is 5.32 Å². The minimum absolute atomic E-state index is 0.766. The lowest BCUT2D eigenvalue weighted by atomic mass is 10.1. The van der Waals surface area contributed by atoms with Crippen molar-refractivity contribution in [2.45, 2.75) is 13.1 Å². The van der Waals surface area contributed by atoms with Crippen molar-refractivity contribution in [1.82, 2.24) is 14.9 Å². The fourth-order valence-corrected chi connectivity index (χ4v) is 3.69. The molecule has 0 aliphatic carbocycles. The fourth-order valence-electron chi connectivity index (χ4n) is 2.88. The number of ether oxygens (including phenoxy) is 1. The van der Waals surface area contributed by atoms with Crippen LogP contribution in [0.2, 0.25) is 0 Å². The van der Waals surface area contributed by atoms with E-state index in [2.05, 4.69) is 44.5 Å². The number of fused-ring (bicyclic) bond motifs is 1. The summed E-state index contributed by atoms with van der Waals surface area (Å²) in [7, 11) is 0. The summed E-state index contributed by atoms with van der Waals surface area (Å²) in [6.07, 6.45) is 1.61. The van der Waals surface area contributed by atoms with E-state index in [-0.39, 0.29) is 0 Å². The lowest BCUT2D eigenvalue weighted by Crippen LogP contribution is -2.35. The van der Waals surface area contributed by atoms with Gasteiger partial charge in [-0.25, -0.2) is 9.97 Å². The molecule has 1 aromatic carbocycles. The van der Waals surface area contributed by atoms with Gasteiger partial charge >= 0.3 is 0 Å². The number of nitrogens with one attached hydrogen (secondary N) is 1. The predicted molar refractivity (Wildman–Crippen MR) is 97.3 cm³/mol. The van der Waals surface area contributed by atoms with Crippen LogP contribution in [0.5, 0.6) is 0 Å². The van der Waals surface area contributed by atoms with Gasteiger partial charge in [0.2, 0.25) is 0 Å². The molecule has 1 N–H and O–H groups in total. The molecule has 5 nitrogen and oxygen atoms in total. The van der Waals surface area contributed by atoms with Gasteiger partial charge in [-0.3, -0.25) is 4.90 Å². The van der Waals surface area contributed by atoms with E-state index in [1.165, 1.54) is 11.1 Å². The van der Waals surface area contributed by atoms with Gasteiger partial charge in [0.25, 0.3) is 0 Å². The van der Waals surface area contributed by atoms with Crippen molar-refractivity contribution in [1.29, 1.82) is 0 Å². The van der Waals surface area contributed by atoms with E-state index in [1.54, 1.807) is 17.7 Å². The summed E-state index contributed by atoms with van der Waals surface area (Å²) in [5.74, 6) is 0.910. The summed E-state index contributed by atoms with van der Waals surface area (Å²) < 4.78 is 6.51. The quantitative estimate of drug-likeness (QED) is 0.773. The van der Waals surface area contributed by atoms with Crippen molar-refractivity contribution in [2.75, 3.05) is 31.6 Å². The Morgan fingerprint density at radius 2 is 1.83 bits per heavy atom. The number of thiophene rings is 1. The molecule has 1 saturated heterocycles. The average molecular weight is 340 g/mol. The summed E-state index contributed by atoms with van der Waals surface area (Å²) in [4.78, 5) is 11.1. The zero-order valence-corrected chi connectivity index (χ0v) is 14.3. The van der Waals surface area contributed by atoms with Crippen LogP contribution in [-0.4, -0.2) is 41.2 Å². The van der Waals surface area contributed by atoms with Gasteiger partial charge in [-0.2, -0.15) is 0 Å². The number of nitrogens with zero attached hydrogens (tertiary/aromatic N) is 3. The molecule has 0 amide bonds. The van der Waals surface area contributed by atoms with Gasteiger partial charge in [0.05, 0.1) is 23.4 Å². The Balaban J connectivity index is 1.37. The van der Waals surface area contributed by atoms with Gasteiger partial charge in [-0.15, -0.1) is 11.3 Å². The number of anilines is 1. The first-order valence-corrected chi connectivity index (χ1v) is 9.06. The first-order chi connectivity index (χ1) is 11.9. The van der Waals surface area contributed by atoms with E-state index in [1.807, 2.05) is 11.4 Å². The van der Waals surface area contributed by atoms with E-state index < -0.39 is 0 Å². The number of hydrogen-bond donors (Lipinski definition) is 1. The number of hydrogen-bond acceptors (Lipinski definition) is 6.